The minimum absolute atomic E-state index is 0.00590. The number of sulfonamides is 1. The second kappa shape index (κ2) is 7.08. The lowest BCUT2D eigenvalue weighted by atomic mass is 10.4. The SMILES string of the molecule is O=c1/c(=C/c2ccc(CNS(=O)(=O)c3ccc(Cl)cc3)o2)sc2n1CCN=2. The van der Waals surface area contributed by atoms with Crippen LogP contribution >= 0.6 is 22.9 Å². The number of furan rings is 1. The molecule has 0 saturated carbocycles. The molecule has 10 heteroatoms. The molecule has 1 aliphatic heterocycles. The predicted molar refractivity (Wildman–Crippen MR) is 102 cm³/mol. The van der Waals surface area contributed by atoms with E-state index in [2.05, 4.69) is 9.71 Å². The Hall–Kier alpha value is -2.20. The van der Waals surface area contributed by atoms with Crippen molar-refractivity contribution in [3.05, 3.63) is 72.6 Å². The van der Waals surface area contributed by atoms with E-state index in [0.717, 1.165) is 0 Å². The predicted octanol–water partition coefficient (Wildman–Crippen LogP) is 1.10. The number of rotatable bonds is 5. The minimum Gasteiger partial charge on any atom is -0.460 e. The van der Waals surface area contributed by atoms with Crippen molar-refractivity contribution in [1.82, 2.24) is 9.29 Å². The van der Waals surface area contributed by atoms with Crippen molar-refractivity contribution < 1.29 is 12.8 Å². The molecule has 0 aliphatic carbocycles. The molecule has 0 atom stereocenters. The molecule has 0 spiro atoms. The molecule has 7 nitrogen and oxygen atoms in total. The van der Waals surface area contributed by atoms with Crippen LogP contribution in [-0.2, 0) is 23.1 Å². The van der Waals surface area contributed by atoms with Crippen LogP contribution in [0.25, 0.3) is 6.08 Å². The Kier molecular flexibility index (Phi) is 4.77. The first-order chi connectivity index (χ1) is 12.9. The molecule has 3 heterocycles. The molecule has 1 aromatic carbocycles. The molecule has 0 amide bonds. The van der Waals surface area contributed by atoms with Crippen molar-refractivity contribution in [2.45, 2.75) is 18.0 Å². The smallest absolute Gasteiger partial charge is 0.270 e. The lowest BCUT2D eigenvalue weighted by Crippen LogP contribution is -2.29. The highest BCUT2D eigenvalue weighted by Crippen LogP contribution is 2.15. The fraction of sp³-hybridized carbons (Fsp3) is 0.176. The average Bonchev–Trinajstić information content (AvgIpc) is 3.34. The molecular formula is C17H14ClN3O4S2. The molecule has 0 fully saturated rings. The Morgan fingerprint density at radius 3 is 2.78 bits per heavy atom. The second-order valence-corrected chi connectivity index (χ2v) is 9.03. The molecule has 0 saturated heterocycles. The molecule has 1 N–H and O–H groups in total. The molecule has 140 valence electrons. The molecule has 0 unspecified atom stereocenters. The third-order valence-electron chi connectivity index (χ3n) is 3.97. The normalized spacial score (nSPS) is 14.3. The van der Waals surface area contributed by atoms with Crippen molar-refractivity contribution in [2.24, 2.45) is 4.99 Å². The summed E-state index contributed by atoms with van der Waals surface area (Å²) >= 11 is 7.09. The summed E-state index contributed by atoms with van der Waals surface area (Å²) in [5.74, 6) is 0.918. The summed E-state index contributed by atoms with van der Waals surface area (Å²) in [4.78, 5) is 17.4. The topological polar surface area (TPSA) is 93.7 Å². The number of hydrogen-bond donors (Lipinski definition) is 1. The van der Waals surface area contributed by atoms with E-state index in [1.165, 1.54) is 35.6 Å². The molecular weight excluding hydrogens is 410 g/mol. The number of hydrogen-bond acceptors (Lipinski definition) is 6. The van der Waals surface area contributed by atoms with Crippen LogP contribution in [0.2, 0.25) is 5.02 Å². The zero-order chi connectivity index (χ0) is 19.0. The van der Waals surface area contributed by atoms with Crippen LogP contribution < -0.4 is 19.6 Å². The Labute approximate surface area is 163 Å². The second-order valence-electron chi connectivity index (χ2n) is 5.81. The summed E-state index contributed by atoms with van der Waals surface area (Å²) in [7, 11) is -3.67. The van der Waals surface area contributed by atoms with Crippen LogP contribution in [0, 0.1) is 0 Å². The number of nitrogens with zero attached hydrogens (tertiary/aromatic N) is 2. The summed E-state index contributed by atoms with van der Waals surface area (Å²) in [5.41, 5.74) is -0.0855. The van der Waals surface area contributed by atoms with Gasteiger partial charge in [0.15, 0.2) is 4.80 Å². The van der Waals surface area contributed by atoms with E-state index < -0.39 is 10.0 Å². The molecule has 4 rings (SSSR count). The fourth-order valence-electron chi connectivity index (χ4n) is 2.63. The number of thiazole rings is 1. The Morgan fingerprint density at radius 2 is 2.04 bits per heavy atom. The van der Waals surface area contributed by atoms with E-state index in [4.69, 9.17) is 16.0 Å². The third-order valence-corrected chi connectivity index (χ3v) is 6.69. The molecule has 2 aromatic heterocycles. The lowest BCUT2D eigenvalue weighted by Gasteiger charge is -2.05. The maximum Gasteiger partial charge on any atom is 0.270 e. The van der Waals surface area contributed by atoms with E-state index in [0.29, 0.717) is 39.0 Å². The first-order valence-corrected chi connectivity index (χ1v) is 10.7. The summed E-state index contributed by atoms with van der Waals surface area (Å²) in [5, 5.41) is 0.462. The van der Waals surface area contributed by atoms with Crippen LogP contribution in [-0.4, -0.2) is 19.5 Å². The van der Waals surface area contributed by atoms with Crippen molar-refractivity contribution in [2.75, 3.05) is 6.54 Å². The van der Waals surface area contributed by atoms with Crippen LogP contribution in [0.4, 0.5) is 0 Å². The fourth-order valence-corrected chi connectivity index (χ4v) is 4.76. The highest BCUT2D eigenvalue weighted by atomic mass is 35.5. The number of benzene rings is 1. The van der Waals surface area contributed by atoms with Crippen LogP contribution in [0.15, 0.2) is 55.5 Å². The number of aromatic nitrogens is 1. The Morgan fingerprint density at radius 1 is 1.26 bits per heavy atom. The van der Waals surface area contributed by atoms with Gasteiger partial charge in [0.1, 0.15) is 11.5 Å². The van der Waals surface area contributed by atoms with Gasteiger partial charge < -0.3 is 4.42 Å². The van der Waals surface area contributed by atoms with Crippen molar-refractivity contribution >= 4 is 39.0 Å². The molecule has 3 aromatic rings. The number of halogens is 1. The van der Waals surface area contributed by atoms with Crippen LogP contribution in [0.5, 0.6) is 0 Å². The summed E-state index contributed by atoms with van der Waals surface area (Å²) in [6, 6.07) is 9.25. The van der Waals surface area contributed by atoms with Gasteiger partial charge in [0.25, 0.3) is 5.56 Å². The van der Waals surface area contributed by atoms with Crippen molar-refractivity contribution in [1.29, 1.82) is 0 Å². The Bertz CT molecular complexity index is 1270. The monoisotopic (exact) mass is 423 g/mol. The van der Waals surface area contributed by atoms with E-state index in [-0.39, 0.29) is 17.0 Å². The zero-order valence-electron chi connectivity index (χ0n) is 13.9. The zero-order valence-corrected chi connectivity index (χ0v) is 16.3. The van der Waals surface area contributed by atoms with E-state index in [1.807, 2.05) is 0 Å². The van der Waals surface area contributed by atoms with Crippen molar-refractivity contribution in [3.8, 4) is 0 Å². The van der Waals surface area contributed by atoms with Crippen LogP contribution in [0.3, 0.4) is 0 Å². The van der Waals surface area contributed by atoms with E-state index in [1.54, 1.807) is 22.8 Å². The standard InChI is InChI=1S/C17H14ClN3O4S2/c18-11-1-5-14(6-2-11)27(23,24)20-10-13-4-3-12(25-13)9-15-16(22)21-8-7-19-17(21)26-15/h1-6,9,20H,7-8,10H2/b15-9-. The van der Waals surface area contributed by atoms with Gasteiger partial charge in [0.2, 0.25) is 10.0 Å². The summed E-state index contributed by atoms with van der Waals surface area (Å²) in [6.45, 7) is 1.24. The minimum atomic E-state index is -3.67. The van der Waals surface area contributed by atoms with Gasteiger partial charge >= 0.3 is 0 Å². The number of nitrogens with one attached hydrogen (secondary N) is 1. The largest absolute Gasteiger partial charge is 0.460 e. The lowest BCUT2D eigenvalue weighted by molar-refractivity contribution is 0.491. The highest BCUT2D eigenvalue weighted by Gasteiger charge is 2.15. The third kappa shape index (κ3) is 3.77. The quantitative estimate of drug-likeness (QED) is 0.664. The van der Waals surface area contributed by atoms with Gasteiger partial charge in [-0.15, -0.1) is 0 Å². The molecule has 1 aliphatic rings. The van der Waals surface area contributed by atoms with Gasteiger partial charge in [-0.2, -0.15) is 0 Å². The van der Waals surface area contributed by atoms with Gasteiger partial charge in [0.05, 0.1) is 22.5 Å². The summed E-state index contributed by atoms with van der Waals surface area (Å²) < 4.78 is 34.8. The first kappa shape index (κ1) is 18.2. The van der Waals surface area contributed by atoms with Crippen molar-refractivity contribution in [3.63, 3.8) is 0 Å². The Balaban J connectivity index is 1.51. The van der Waals surface area contributed by atoms with Gasteiger partial charge in [-0.3, -0.25) is 14.4 Å². The highest BCUT2D eigenvalue weighted by molar-refractivity contribution is 7.89. The van der Waals surface area contributed by atoms with Gasteiger partial charge in [-0.25, -0.2) is 13.1 Å². The molecule has 27 heavy (non-hydrogen) atoms. The molecule has 0 bridgehead atoms. The van der Waals surface area contributed by atoms with E-state index in [9.17, 15) is 13.2 Å². The van der Waals surface area contributed by atoms with Gasteiger partial charge in [0, 0.05) is 17.6 Å². The van der Waals surface area contributed by atoms with Gasteiger partial charge in [-0.1, -0.05) is 22.9 Å². The summed E-state index contributed by atoms with van der Waals surface area (Å²) in [6.07, 6.45) is 1.64. The maximum atomic E-state index is 12.3. The molecule has 0 radical (unpaired) electrons. The van der Waals surface area contributed by atoms with E-state index >= 15 is 0 Å². The average molecular weight is 424 g/mol. The van der Waals surface area contributed by atoms with Crippen LogP contribution in [0.1, 0.15) is 11.5 Å². The van der Waals surface area contributed by atoms with Gasteiger partial charge in [-0.05, 0) is 36.4 Å². The number of fused-ring (bicyclic) bond motifs is 1. The maximum absolute atomic E-state index is 12.3. The first-order valence-electron chi connectivity index (χ1n) is 8.02.